The first kappa shape index (κ1) is 24.2. The van der Waals surface area contributed by atoms with Crippen LogP contribution >= 0.6 is 0 Å². The summed E-state index contributed by atoms with van der Waals surface area (Å²) in [6.45, 7) is 4.08. The molecule has 1 aromatic heterocycles. The SMILES string of the molecule is O=C(O)C(F)(F)F.O=S(=O)(NCC1CN(CC2CC2)Cc2ccnn2C1)c1ccccc1. The van der Waals surface area contributed by atoms with Crippen molar-refractivity contribution >= 4 is 16.0 Å². The first-order valence-corrected chi connectivity index (χ1v) is 11.6. The number of fused-ring (bicyclic) bond motifs is 1. The Hall–Kier alpha value is -2.44. The summed E-state index contributed by atoms with van der Waals surface area (Å²) in [6, 6.07) is 10.6. The van der Waals surface area contributed by atoms with E-state index in [9.17, 15) is 21.6 Å². The molecular formula is C20H25F3N4O4S. The Morgan fingerprint density at radius 2 is 1.78 bits per heavy atom. The number of nitrogens with zero attached hydrogens (tertiary/aromatic N) is 3. The van der Waals surface area contributed by atoms with E-state index in [1.807, 2.05) is 16.9 Å². The molecule has 0 amide bonds. The largest absolute Gasteiger partial charge is 0.490 e. The number of carboxylic acid groups (broad SMARTS) is 1. The molecule has 0 saturated heterocycles. The molecule has 12 heteroatoms. The molecular weight excluding hydrogens is 449 g/mol. The van der Waals surface area contributed by atoms with Crippen LogP contribution in [0.3, 0.4) is 0 Å². The van der Waals surface area contributed by atoms with E-state index in [4.69, 9.17) is 9.90 Å². The molecule has 1 aromatic carbocycles. The van der Waals surface area contributed by atoms with Crippen molar-refractivity contribution in [2.75, 3.05) is 19.6 Å². The molecule has 1 aliphatic heterocycles. The predicted octanol–water partition coefficient (Wildman–Crippen LogP) is 2.34. The normalized spacial score (nSPS) is 19.4. The number of hydrogen-bond acceptors (Lipinski definition) is 5. The first-order chi connectivity index (χ1) is 15.0. The number of nitrogens with one attached hydrogen (secondary N) is 1. The number of sulfonamides is 1. The minimum atomic E-state index is -5.08. The number of rotatable bonds is 6. The zero-order valence-corrected chi connectivity index (χ0v) is 18.0. The molecule has 176 valence electrons. The van der Waals surface area contributed by atoms with Crippen molar-refractivity contribution in [2.24, 2.45) is 11.8 Å². The van der Waals surface area contributed by atoms with Crippen molar-refractivity contribution < 1.29 is 31.5 Å². The summed E-state index contributed by atoms with van der Waals surface area (Å²) in [7, 11) is -3.46. The molecule has 2 aliphatic rings. The summed E-state index contributed by atoms with van der Waals surface area (Å²) in [5.74, 6) is -1.73. The third-order valence-corrected chi connectivity index (χ3v) is 6.65. The molecule has 2 aromatic rings. The van der Waals surface area contributed by atoms with Gasteiger partial charge in [0.05, 0.1) is 10.6 Å². The van der Waals surface area contributed by atoms with Crippen molar-refractivity contribution in [3.8, 4) is 0 Å². The van der Waals surface area contributed by atoms with Crippen LogP contribution in [-0.2, 0) is 27.9 Å². The summed E-state index contributed by atoms with van der Waals surface area (Å²) in [4.78, 5) is 11.7. The smallest absolute Gasteiger partial charge is 0.475 e. The number of benzene rings is 1. The van der Waals surface area contributed by atoms with Gasteiger partial charge in [-0.2, -0.15) is 18.3 Å². The Bertz CT molecular complexity index is 1010. The van der Waals surface area contributed by atoms with E-state index in [2.05, 4.69) is 20.8 Å². The van der Waals surface area contributed by atoms with E-state index in [0.717, 1.165) is 32.1 Å². The van der Waals surface area contributed by atoms with E-state index < -0.39 is 22.2 Å². The summed E-state index contributed by atoms with van der Waals surface area (Å²) in [5.41, 5.74) is 1.22. The van der Waals surface area contributed by atoms with Crippen LogP contribution in [-0.4, -0.2) is 60.0 Å². The number of alkyl halides is 3. The average Bonchev–Trinajstić information content (AvgIpc) is 3.48. The van der Waals surface area contributed by atoms with Gasteiger partial charge in [0.25, 0.3) is 0 Å². The minimum Gasteiger partial charge on any atom is -0.475 e. The third kappa shape index (κ3) is 7.04. The maximum Gasteiger partial charge on any atom is 0.490 e. The Kier molecular flexibility index (Phi) is 7.57. The molecule has 32 heavy (non-hydrogen) atoms. The highest BCUT2D eigenvalue weighted by atomic mass is 32.2. The highest BCUT2D eigenvalue weighted by Crippen LogP contribution is 2.31. The van der Waals surface area contributed by atoms with Crippen molar-refractivity contribution in [1.29, 1.82) is 0 Å². The fourth-order valence-electron chi connectivity index (χ4n) is 3.46. The number of hydrogen-bond donors (Lipinski definition) is 2. The monoisotopic (exact) mass is 474 g/mol. The van der Waals surface area contributed by atoms with Gasteiger partial charge in [0.2, 0.25) is 10.0 Å². The molecule has 1 fully saturated rings. The number of halogens is 3. The van der Waals surface area contributed by atoms with Gasteiger partial charge in [0.15, 0.2) is 0 Å². The lowest BCUT2D eigenvalue weighted by molar-refractivity contribution is -0.192. The highest BCUT2D eigenvalue weighted by Gasteiger charge is 2.38. The van der Waals surface area contributed by atoms with Gasteiger partial charge in [-0.1, -0.05) is 18.2 Å². The number of aliphatic carboxylic acids is 1. The predicted molar refractivity (Wildman–Crippen MR) is 109 cm³/mol. The second kappa shape index (κ2) is 10.0. The van der Waals surface area contributed by atoms with E-state index in [1.54, 1.807) is 24.3 Å². The first-order valence-electron chi connectivity index (χ1n) is 10.1. The topological polar surface area (TPSA) is 105 Å². The lowest BCUT2D eigenvalue weighted by Crippen LogP contribution is -2.37. The molecule has 1 aliphatic carbocycles. The fourth-order valence-corrected chi connectivity index (χ4v) is 4.60. The lowest BCUT2D eigenvalue weighted by atomic mass is 10.1. The van der Waals surface area contributed by atoms with E-state index >= 15 is 0 Å². The third-order valence-electron chi connectivity index (χ3n) is 5.21. The zero-order chi connectivity index (χ0) is 23.4. The van der Waals surface area contributed by atoms with E-state index in [-0.39, 0.29) is 5.92 Å². The summed E-state index contributed by atoms with van der Waals surface area (Å²) in [5, 5.41) is 11.5. The summed E-state index contributed by atoms with van der Waals surface area (Å²) >= 11 is 0. The molecule has 1 unspecified atom stereocenters. The molecule has 8 nitrogen and oxygen atoms in total. The van der Waals surface area contributed by atoms with Crippen molar-refractivity contribution in [3.63, 3.8) is 0 Å². The molecule has 2 heterocycles. The summed E-state index contributed by atoms with van der Waals surface area (Å²) in [6.07, 6.45) is -0.608. The number of carboxylic acids is 1. The maximum absolute atomic E-state index is 12.5. The Labute approximate surface area is 184 Å². The van der Waals surface area contributed by atoms with Gasteiger partial charge in [-0.15, -0.1) is 0 Å². The molecule has 1 atom stereocenters. The zero-order valence-electron chi connectivity index (χ0n) is 17.2. The van der Waals surface area contributed by atoms with Crippen LogP contribution in [0.4, 0.5) is 13.2 Å². The molecule has 4 rings (SSSR count). The maximum atomic E-state index is 12.5. The van der Waals surface area contributed by atoms with E-state index in [0.29, 0.717) is 11.4 Å². The van der Waals surface area contributed by atoms with Crippen molar-refractivity contribution in [1.82, 2.24) is 19.4 Å². The van der Waals surface area contributed by atoms with Crippen molar-refractivity contribution in [3.05, 3.63) is 48.3 Å². The van der Waals surface area contributed by atoms with Gasteiger partial charge < -0.3 is 5.11 Å². The Morgan fingerprint density at radius 3 is 2.38 bits per heavy atom. The Morgan fingerprint density at radius 1 is 1.12 bits per heavy atom. The molecule has 0 bridgehead atoms. The minimum absolute atomic E-state index is 0.207. The van der Waals surface area contributed by atoms with Crippen LogP contribution in [0.5, 0.6) is 0 Å². The Balaban J connectivity index is 0.000000360. The summed E-state index contributed by atoms with van der Waals surface area (Å²) < 4.78 is 61.5. The van der Waals surface area contributed by atoms with Gasteiger partial charge in [-0.05, 0) is 37.0 Å². The fraction of sp³-hybridized carbons (Fsp3) is 0.500. The molecule has 0 radical (unpaired) electrons. The van der Waals surface area contributed by atoms with Gasteiger partial charge >= 0.3 is 12.1 Å². The van der Waals surface area contributed by atoms with E-state index in [1.165, 1.54) is 18.5 Å². The highest BCUT2D eigenvalue weighted by molar-refractivity contribution is 7.89. The second-order valence-electron chi connectivity index (χ2n) is 7.98. The lowest BCUT2D eigenvalue weighted by Gasteiger charge is -2.24. The molecule has 2 N–H and O–H groups in total. The average molecular weight is 475 g/mol. The van der Waals surface area contributed by atoms with Crippen LogP contribution in [0.1, 0.15) is 18.5 Å². The van der Waals surface area contributed by atoms with Gasteiger partial charge in [-0.25, -0.2) is 17.9 Å². The van der Waals surface area contributed by atoms with Crippen LogP contribution < -0.4 is 4.72 Å². The van der Waals surface area contributed by atoms with Crippen molar-refractivity contribution in [2.45, 2.75) is 37.0 Å². The second-order valence-corrected chi connectivity index (χ2v) is 9.74. The van der Waals surface area contributed by atoms with Crippen LogP contribution in [0.2, 0.25) is 0 Å². The molecule has 0 spiro atoms. The van der Waals surface area contributed by atoms with Crippen LogP contribution in [0.25, 0.3) is 0 Å². The van der Waals surface area contributed by atoms with Crippen LogP contribution in [0, 0.1) is 11.8 Å². The van der Waals surface area contributed by atoms with Gasteiger partial charge in [0, 0.05) is 44.8 Å². The van der Waals surface area contributed by atoms with Crippen LogP contribution in [0.15, 0.2) is 47.5 Å². The van der Waals surface area contributed by atoms with Gasteiger partial charge in [0.1, 0.15) is 0 Å². The quantitative estimate of drug-likeness (QED) is 0.666. The standard InChI is InChI=1S/C18H24N4O2S.C2HF3O2/c23-25(24,18-4-2-1-3-5-18)20-10-16-12-21(11-15-6-7-15)14-17-8-9-19-22(17)13-16;3-2(4,5)1(6)7/h1-5,8-9,15-16,20H,6-7,10-14H2;(H,6,7). The number of carbonyl (C=O) groups is 1. The van der Waals surface area contributed by atoms with Gasteiger partial charge in [-0.3, -0.25) is 9.58 Å². The number of aromatic nitrogens is 2. The molecule has 1 saturated carbocycles.